The fourth-order valence-corrected chi connectivity index (χ4v) is 3.36. The maximum Gasteiger partial charge on any atom is 0.247 e. The van der Waals surface area contributed by atoms with Crippen LogP contribution in [0.2, 0.25) is 0 Å². The van der Waals surface area contributed by atoms with Gasteiger partial charge >= 0.3 is 0 Å². The second kappa shape index (κ2) is 7.55. The Balaban J connectivity index is 1.98. The van der Waals surface area contributed by atoms with Crippen LogP contribution in [-0.4, -0.2) is 27.3 Å². The number of hydrogen-bond donors (Lipinski definition) is 0. The lowest BCUT2D eigenvalue weighted by atomic mass is 10.1. The summed E-state index contributed by atoms with van der Waals surface area (Å²) < 4.78 is 1.92. The van der Waals surface area contributed by atoms with E-state index in [0.29, 0.717) is 0 Å². The average Bonchev–Trinajstić information content (AvgIpc) is 2.54. The highest BCUT2D eigenvalue weighted by molar-refractivity contribution is 9.10. The average molecular weight is 294 g/mol. The molecule has 15 heavy (non-hydrogen) atoms. The van der Waals surface area contributed by atoms with Gasteiger partial charge in [-0.15, -0.1) is 0 Å². The largest absolute Gasteiger partial charge is 0.285 e. The number of carbonyl (C=O) groups is 1. The number of carbonyl (C=O) groups excluding carboxylic acids is 1. The van der Waals surface area contributed by atoms with Crippen molar-refractivity contribution in [3.63, 3.8) is 0 Å². The molecule has 0 aliphatic carbocycles. The number of alkyl halides is 1. The van der Waals surface area contributed by atoms with Crippen molar-refractivity contribution >= 4 is 33.8 Å². The van der Waals surface area contributed by atoms with Crippen molar-refractivity contribution in [3.05, 3.63) is 0 Å². The van der Waals surface area contributed by atoms with Gasteiger partial charge in [-0.25, -0.2) is 0 Å². The van der Waals surface area contributed by atoms with Crippen LogP contribution in [0.4, 0.5) is 0 Å². The lowest BCUT2D eigenvalue weighted by Gasteiger charge is -2.13. The van der Waals surface area contributed by atoms with Gasteiger partial charge in [-0.3, -0.25) is 9.10 Å². The van der Waals surface area contributed by atoms with E-state index < -0.39 is 0 Å². The summed E-state index contributed by atoms with van der Waals surface area (Å²) in [5.74, 6) is 1.16. The molecule has 88 valence electrons. The van der Waals surface area contributed by atoms with Gasteiger partial charge in [-0.05, 0) is 18.4 Å². The molecule has 0 aromatic heterocycles. The zero-order chi connectivity index (χ0) is 11.1. The van der Waals surface area contributed by atoms with Crippen molar-refractivity contribution < 1.29 is 4.79 Å². The number of rotatable bonds is 7. The Morgan fingerprint density at radius 1 is 1.33 bits per heavy atom. The van der Waals surface area contributed by atoms with Crippen LogP contribution in [0.25, 0.3) is 0 Å². The SMILES string of the molecule is CCCCCCCCN1SCC(Br)C1=O. The molecule has 4 heteroatoms. The summed E-state index contributed by atoms with van der Waals surface area (Å²) in [4.78, 5) is 11.6. The summed E-state index contributed by atoms with van der Waals surface area (Å²) in [6.07, 6.45) is 7.73. The highest BCUT2D eigenvalue weighted by Gasteiger charge is 2.29. The van der Waals surface area contributed by atoms with E-state index in [9.17, 15) is 4.79 Å². The summed E-state index contributed by atoms with van der Waals surface area (Å²) in [5, 5.41) is 0. The van der Waals surface area contributed by atoms with Crippen molar-refractivity contribution in [2.75, 3.05) is 12.3 Å². The summed E-state index contributed by atoms with van der Waals surface area (Å²) in [5.41, 5.74) is 0. The lowest BCUT2D eigenvalue weighted by Crippen LogP contribution is -2.24. The van der Waals surface area contributed by atoms with Crippen LogP contribution < -0.4 is 0 Å². The Morgan fingerprint density at radius 3 is 2.60 bits per heavy atom. The molecule has 0 N–H and O–H groups in total. The number of halogens is 1. The van der Waals surface area contributed by atoms with Crippen LogP contribution >= 0.6 is 27.9 Å². The van der Waals surface area contributed by atoms with Crippen LogP contribution in [0.3, 0.4) is 0 Å². The second-order valence-electron chi connectivity index (χ2n) is 3.97. The molecule has 1 atom stereocenters. The molecule has 1 aliphatic rings. The maximum atomic E-state index is 11.5. The third-order valence-electron chi connectivity index (χ3n) is 2.61. The zero-order valence-electron chi connectivity index (χ0n) is 9.38. The topological polar surface area (TPSA) is 20.3 Å². The number of amides is 1. The summed E-state index contributed by atoms with van der Waals surface area (Å²) in [7, 11) is 0. The molecule has 1 saturated heterocycles. The van der Waals surface area contributed by atoms with Crippen LogP contribution in [0.1, 0.15) is 45.4 Å². The molecule has 0 bridgehead atoms. The van der Waals surface area contributed by atoms with Crippen LogP contribution in [-0.2, 0) is 4.79 Å². The Labute approximate surface area is 105 Å². The standard InChI is InChI=1S/C11H20BrNOS/c1-2-3-4-5-6-7-8-13-11(14)10(12)9-15-13/h10H,2-9H2,1H3. The second-order valence-corrected chi connectivity index (χ2v) is 6.11. The molecule has 0 spiro atoms. The molecule has 1 unspecified atom stereocenters. The molecule has 1 amide bonds. The molecule has 1 aliphatic heterocycles. The van der Waals surface area contributed by atoms with Gasteiger partial charge in [0.15, 0.2) is 0 Å². The Hall–Kier alpha value is 0.300. The molecule has 0 aromatic carbocycles. The van der Waals surface area contributed by atoms with Gasteiger partial charge in [0.2, 0.25) is 5.91 Å². The molecule has 1 rings (SSSR count). The van der Waals surface area contributed by atoms with Crippen molar-refractivity contribution in [2.45, 2.75) is 50.3 Å². The third kappa shape index (κ3) is 4.77. The van der Waals surface area contributed by atoms with E-state index in [1.807, 2.05) is 4.31 Å². The number of hydrogen-bond acceptors (Lipinski definition) is 2. The van der Waals surface area contributed by atoms with E-state index in [-0.39, 0.29) is 10.7 Å². The van der Waals surface area contributed by atoms with E-state index in [1.165, 1.54) is 32.1 Å². The fourth-order valence-electron chi connectivity index (χ4n) is 1.66. The highest BCUT2D eigenvalue weighted by Crippen LogP contribution is 2.27. The molecule has 0 saturated carbocycles. The molecule has 1 heterocycles. The van der Waals surface area contributed by atoms with Gasteiger partial charge in [0.1, 0.15) is 4.83 Å². The van der Waals surface area contributed by atoms with Crippen LogP contribution in [0, 0.1) is 0 Å². The molecule has 1 fully saturated rings. The van der Waals surface area contributed by atoms with Gasteiger partial charge in [0.05, 0.1) is 0 Å². The molecular formula is C11H20BrNOS. The summed E-state index contributed by atoms with van der Waals surface area (Å²) in [6, 6.07) is 0. The van der Waals surface area contributed by atoms with Crippen molar-refractivity contribution in [3.8, 4) is 0 Å². The van der Waals surface area contributed by atoms with Crippen LogP contribution in [0.5, 0.6) is 0 Å². The van der Waals surface area contributed by atoms with Gasteiger partial charge in [0, 0.05) is 12.3 Å². The van der Waals surface area contributed by atoms with E-state index in [2.05, 4.69) is 22.9 Å². The van der Waals surface area contributed by atoms with Gasteiger partial charge in [0.25, 0.3) is 0 Å². The molecule has 0 aromatic rings. The molecular weight excluding hydrogens is 274 g/mol. The summed E-state index contributed by atoms with van der Waals surface area (Å²) in [6.45, 7) is 3.16. The lowest BCUT2D eigenvalue weighted by molar-refractivity contribution is -0.124. The summed E-state index contributed by atoms with van der Waals surface area (Å²) >= 11 is 5.04. The Morgan fingerprint density at radius 2 is 2.00 bits per heavy atom. The predicted molar refractivity (Wildman–Crippen MR) is 70.3 cm³/mol. The normalized spacial score (nSPS) is 21.3. The number of nitrogens with zero attached hydrogens (tertiary/aromatic N) is 1. The first-order valence-corrected chi connectivity index (χ1v) is 7.70. The van der Waals surface area contributed by atoms with Crippen molar-refractivity contribution in [2.24, 2.45) is 0 Å². The van der Waals surface area contributed by atoms with Gasteiger partial charge in [-0.1, -0.05) is 55.0 Å². The van der Waals surface area contributed by atoms with E-state index >= 15 is 0 Å². The molecule has 2 nitrogen and oxygen atoms in total. The minimum absolute atomic E-state index is 0.0580. The van der Waals surface area contributed by atoms with E-state index in [1.54, 1.807) is 11.9 Å². The van der Waals surface area contributed by atoms with Crippen molar-refractivity contribution in [1.29, 1.82) is 0 Å². The smallest absolute Gasteiger partial charge is 0.247 e. The quantitative estimate of drug-likeness (QED) is 0.406. The van der Waals surface area contributed by atoms with Crippen LogP contribution in [0.15, 0.2) is 0 Å². The highest BCUT2D eigenvalue weighted by atomic mass is 79.9. The first kappa shape index (κ1) is 13.4. The first-order valence-electron chi connectivity index (χ1n) is 5.84. The third-order valence-corrected chi connectivity index (χ3v) is 4.91. The predicted octanol–water partition coefficient (Wildman–Crippen LogP) is 3.60. The number of unbranched alkanes of at least 4 members (excludes halogenated alkanes) is 5. The van der Waals surface area contributed by atoms with Gasteiger partial charge < -0.3 is 0 Å². The molecule has 0 radical (unpaired) electrons. The first-order chi connectivity index (χ1) is 7.25. The van der Waals surface area contributed by atoms with Gasteiger partial charge in [-0.2, -0.15) is 0 Å². The monoisotopic (exact) mass is 293 g/mol. The fraction of sp³-hybridized carbons (Fsp3) is 0.909. The van der Waals surface area contributed by atoms with E-state index in [4.69, 9.17) is 0 Å². The Bertz CT molecular complexity index is 201. The minimum atomic E-state index is 0.0580. The van der Waals surface area contributed by atoms with Crippen molar-refractivity contribution in [1.82, 2.24) is 4.31 Å². The van der Waals surface area contributed by atoms with E-state index in [0.717, 1.165) is 18.7 Å². The minimum Gasteiger partial charge on any atom is -0.285 e. The Kier molecular flexibility index (Phi) is 6.73. The zero-order valence-corrected chi connectivity index (χ0v) is 11.8. The maximum absolute atomic E-state index is 11.5.